The molecule has 0 fully saturated rings. The van der Waals surface area contributed by atoms with Gasteiger partial charge in [-0.15, -0.1) is 0 Å². The van der Waals surface area contributed by atoms with Gasteiger partial charge in [0.1, 0.15) is 30.3 Å². The van der Waals surface area contributed by atoms with E-state index in [0.29, 0.717) is 39.5 Å². The summed E-state index contributed by atoms with van der Waals surface area (Å²) in [4.78, 5) is 31.6. The second-order valence-electron chi connectivity index (χ2n) is 13.7. The largest absolute Gasteiger partial charge is 0.497 e. The molecule has 0 unspecified atom stereocenters. The van der Waals surface area contributed by atoms with E-state index in [1.165, 1.54) is 64.8 Å². The lowest BCUT2D eigenvalue weighted by Gasteiger charge is -2.28. The number of aryl methyl sites for hydroxylation is 2. The molecule has 1 aromatic heterocycles. The highest BCUT2D eigenvalue weighted by Crippen LogP contribution is 2.45. The summed E-state index contributed by atoms with van der Waals surface area (Å²) in [6.45, 7) is 2.22. The van der Waals surface area contributed by atoms with Crippen LogP contribution in [0.1, 0.15) is 11.3 Å². The number of aromatic nitrogens is 1. The number of methoxy groups -OCH3 is 4. The predicted molar refractivity (Wildman–Crippen MR) is 237 cm³/mol. The molecule has 1 heterocycles. The van der Waals surface area contributed by atoms with Crippen LogP contribution in [0.3, 0.4) is 0 Å². The smallest absolute Gasteiger partial charge is 0.264 e. The summed E-state index contributed by atoms with van der Waals surface area (Å²) < 4.78 is 81.5. The standard InChI is InChI=1S/C45H45N5O10S2/c1-30-24-32(47-43(51)28-49(61(53,54)35-14-9-7-10-15-35)40-26-33(57-3)20-22-42(40)59-5)19-21-37(30)38-25-34(58-4)27-41(45(38)60-6)50(62(55,56)36-16-11-8-12-17-36)29-44(52)48-39-18-13-23-46-31(39)2/h7-27H,28-29H2,1-6H3,(H,47,51)(H,48,52). The van der Waals surface area contributed by atoms with Gasteiger partial charge in [-0.2, -0.15) is 0 Å². The molecule has 0 aliphatic rings. The number of carbonyl (C=O) groups excluding carboxylic acids is 2. The SMILES string of the molecule is COc1ccc(OC)c(N(CC(=O)Nc2ccc(-c3cc(OC)cc(N(CC(=O)Nc4cccnc4C)S(=O)(=O)c4ccccc4)c3OC)c(C)c2)S(=O)(=O)c2ccccc2)c1. The Bertz CT molecular complexity index is 2810. The van der Waals surface area contributed by atoms with Crippen molar-refractivity contribution in [3.8, 4) is 34.1 Å². The van der Waals surface area contributed by atoms with E-state index in [4.69, 9.17) is 18.9 Å². The first-order valence-corrected chi connectivity index (χ1v) is 21.9. The van der Waals surface area contributed by atoms with Gasteiger partial charge >= 0.3 is 0 Å². The molecule has 0 saturated carbocycles. The summed E-state index contributed by atoms with van der Waals surface area (Å²) in [6, 6.07) is 31.5. The lowest BCUT2D eigenvalue weighted by molar-refractivity contribution is -0.115. The summed E-state index contributed by atoms with van der Waals surface area (Å²) in [6.07, 6.45) is 1.58. The Morgan fingerprint density at radius 3 is 1.71 bits per heavy atom. The van der Waals surface area contributed by atoms with Crippen molar-refractivity contribution >= 4 is 54.6 Å². The molecule has 17 heteroatoms. The van der Waals surface area contributed by atoms with Crippen molar-refractivity contribution in [2.24, 2.45) is 0 Å². The summed E-state index contributed by atoms with van der Waals surface area (Å²) in [5.41, 5.74) is 3.01. The number of nitrogens with zero attached hydrogens (tertiary/aromatic N) is 3. The first kappa shape index (κ1) is 44.4. The molecule has 5 aromatic carbocycles. The van der Waals surface area contributed by atoms with Gasteiger partial charge in [0, 0.05) is 29.6 Å². The van der Waals surface area contributed by atoms with Gasteiger partial charge in [0.2, 0.25) is 11.8 Å². The molecule has 2 amide bonds. The number of rotatable bonds is 17. The maximum atomic E-state index is 14.4. The van der Waals surface area contributed by atoms with Crippen LogP contribution < -0.4 is 38.2 Å². The van der Waals surface area contributed by atoms with E-state index < -0.39 is 45.0 Å². The number of carbonyl (C=O) groups is 2. The first-order chi connectivity index (χ1) is 29.7. The summed E-state index contributed by atoms with van der Waals surface area (Å²) >= 11 is 0. The molecular formula is C45H45N5O10S2. The third-order valence-electron chi connectivity index (χ3n) is 9.72. The molecule has 0 bridgehead atoms. The minimum absolute atomic E-state index is 0.0215. The van der Waals surface area contributed by atoms with Crippen LogP contribution in [0.2, 0.25) is 0 Å². The second-order valence-corrected chi connectivity index (χ2v) is 17.4. The lowest BCUT2D eigenvalue weighted by Crippen LogP contribution is -2.38. The van der Waals surface area contributed by atoms with E-state index in [2.05, 4.69) is 15.6 Å². The van der Waals surface area contributed by atoms with E-state index >= 15 is 0 Å². The monoisotopic (exact) mass is 879 g/mol. The van der Waals surface area contributed by atoms with Gasteiger partial charge in [-0.05, 0) is 91.7 Å². The van der Waals surface area contributed by atoms with E-state index in [1.807, 2.05) is 0 Å². The number of anilines is 4. The summed E-state index contributed by atoms with van der Waals surface area (Å²) in [5, 5.41) is 5.57. The van der Waals surface area contributed by atoms with Crippen LogP contribution in [0.25, 0.3) is 11.1 Å². The third-order valence-corrected chi connectivity index (χ3v) is 13.3. The van der Waals surface area contributed by atoms with Crippen molar-refractivity contribution in [2.75, 3.05) is 60.8 Å². The van der Waals surface area contributed by atoms with Crippen LogP contribution in [0.15, 0.2) is 137 Å². The highest BCUT2D eigenvalue weighted by molar-refractivity contribution is 7.93. The number of benzene rings is 5. The van der Waals surface area contributed by atoms with Crippen LogP contribution in [-0.4, -0.2) is 75.2 Å². The lowest BCUT2D eigenvalue weighted by atomic mass is 9.97. The molecular weight excluding hydrogens is 835 g/mol. The van der Waals surface area contributed by atoms with E-state index in [9.17, 15) is 26.4 Å². The zero-order valence-corrected chi connectivity index (χ0v) is 36.4. The van der Waals surface area contributed by atoms with Gasteiger partial charge in [0.05, 0.1) is 61.0 Å². The molecule has 322 valence electrons. The number of hydrogen-bond donors (Lipinski definition) is 2. The van der Waals surface area contributed by atoms with Crippen molar-refractivity contribution in [1.82, 2.24) is 4.98 Å². The number of amides is 2. The number of nitrogens with one attached hydrogen (secondary N) is 2. The molecule has 0 saturated heterocycles. The molecule has 0 atom stereocenters. The Balaban J connectivity index is 1.37. The Hall–Kier alpha value is -7.11. The van der Waals surface area contributed by atoms with Gasteiger partial charge in [-0.25, -0.2) is 16.8 Å². The number of ether oxygens (including phenoxy) is 4. The average molecular weight is 880 g/mol. The molecule has 6 rings (SSSR count). The molecule has 0 spiro atoms. The summed E-state index contributed by atoms with van der Waals surface area (Å²) in [7, 11) is -3.04. The zero-order chi connectivity index (χ0) is 44.6. The zero-order valence-electron chi connectivity index (χ0n) is 34.8. The Labute approximate surface area is 361 Å². The molecule has 0 radical (unpaired) electrons. The van der Waals surface area contributed by atoms with Gasteiger partial charge in [0.15, 0.2) is 5.75 Å². The highest BCUT2D eigenvalue weighted by Gasteiger charge is 2.33. The van der Waals surface area contributed by atoms with Crippen LogP contribution >= 0.6 is 0 Å². The van der Waals surface area contributed by atoms with E-state index in [-0.39, 0.29) is 38.4 Å². The molecule has 62 heavy (non-hydrogen) atoms. The van der Waals surface area contributed by atoms with Crippen LogP contribution in [0.4, 0.5) is 22.7 Å². The van der Waals surface area contributed by atoms with Gasteiger partial charge < -0.3 is 29.6 Å². The van der Waals surface area contributed by atoms with Crippen molar-refractivity contribution in [3.05, 3.63) is 139 Å². The third kappa shape index (κ3) is 9.59. The quantitative estimate of drug-likeness (QED) is 0.0956. The van der Waals surface area contributed by atoms with Crippen molar-refractivity contribution < 1.29 is 45.4 Å². The fourth-order valence-electron chi connectivity index (χ4n) is 6.65. The number of sulfonamides is 2. The maximum Gasteiger partial charge on any atom is 0.264 e. The topological polar surface area (TPSA) is 183 Å². The van der Waals surface area contributed by atoms with Crippen molar-refractivity contribution in [3.63, 3.8) is 0 Å². The molecule has 2 N–H and O–H groups in total. The Morgan fingerprint density at radius 1 is 0.581 bits per heavy atom. The van der Waals surface area contributed by atoms with E-state index in [1.54, 1.807) is 105 Å². The summed E-state index contributed by atoms with van der Waals surface area (Å²) in [5.74, 6) is -0.376. The minimum atomic E-state index is -4.39. The van der Waals surface area contributed by atoms with Crippen LogP contribution in [-0.2, 0) is 29.6 Å². The van der Waals surface area contributed by atoms with Crippen LogP contribution in [0, 0.1) is 13.8 Å². The second kappa shape index (κ2) is 19.1. The highest BCUT2D eigenvalue weighted by atomic mass is 32.2. The number of hydrogen-bond acceptors (Lipinski definition) is 11. The molecule has 0 aliphatic heterocycles. The van der Waals surface area contributed by atoms with Crippen molar-refractivity contribution in [1.29, 1.82) is 0 Å². The molecule has 0 aliphatic carbocycles. The van der Waals surface area contributed by atoms with Gasteiger partial charge in [-0.1, -0.05) is 42.5 Å². The molecule has 15 nitrogen and oxygen atoms in total. The van der Waals surface area contributed by atoms with E-state index in [0.717, 1.165) is 8.61 Å². The fraction of sp³-hybridized carbons (Fsp3) is 0.178. The predicted octanol–water partition coefficient (Wildman–Crippen LogP) is 7.07. The minimum Gasteiger partial charge on any atom is -0.497 e. The first-order valence-electron chi connectivity index (χ1n) is 19.0. The fourth-order valence-corrected chi connectivity index (χ4v) is 9.53. The Kier molecular flexibility index (Phi) is 13.7. The van der Waals surface area contributed by atoms with Crippen molar-refractivity contribution in [2.45, 2.75) is 23.6 Å². The van der Waals surface area contributed by atoms with Crippen LogP contribution in [0.5, 0.6) is 23.0 Å². The average Bonchev–Trinajstić information content (AvgIpc) is 3.28. The molecule has 6 aromatic rings. The Morgan fingerprint density at radius 2 is 1.16 bits per heavy atom. The van der Waals surface area contributed by atoms with Gasteiger partial charge in [0.25, 0.3) is 20.0 Å². The maximum absolute atomic E-state index is 14.4. The normalized spacial score (nSPS) is 11.3. The van der Waals surface area contributed by atoms with Gasteiger partial charge in [-0.3, -0.25) is 23.2 Å². The number of pyridine rings is 1.